The van der Waals surface area contributed by atoms with Crippen molar-refractivity contribution in [3.8, 4) is 11.3 Å². The van der Waals surface area contributed by atoms with Crippen LogP contribution in [-0.4, -0.2) is 9.55 Å². The second-order valence-electron chi connectivity index (χ2n) is 4.25. The van der Waals surface area contributed by atoms with Gasteiger partial charge in [-0.15, -0.1) is 0 Å². The van der Waals surface area contributed by atoms with Gasteiger partial charge in [-0.2, -0.15) is 0 Å². The van der Waals surface area contributed by atoms with Crippen molar-refractivity contribution in [3.05, 3.63) is 41.9 Å². The fraction of sp³-hybridized carbons (Fsp3) is 0.400. The number of hydrogen-bond donors (Lipinski definition) is 1. The zero-order valence-corrected chi connectivity index (χ0v) is 11.9. The lowest BCUT2D eigenvalue weighted by atomic mass is 10.1. The Hall–Kier alpha value is -1.61. The van der Waals surface area contributed by atoms with Gasteiger partial charge >= 0.3 is 0 Å². The van der Waals surface area contributed by atoms with E-state index in [0.29, 0.717) is 0 Å². The zero-order chi connectivity index (χ0) is 13.7. The van der Waals surface area contributed by atoms with E-state index in [1.54, 1.807) is 0 Å². The highest BCUT2D eigenvalue weighted by molar-refractivity contribution is 5.59. The van der Waals surface area contributed by atoms with Gasteiger partial charge in [0.05, 0.1) is 11.7 Å². The van der Waals surface area contributed by atoms with Gasteiger partial charge < -0.3 is 10.3 Å². The van der Waals surface area contributed by atoms with Crippen LogP contribution in [0.4, 0.5) is 0 Å². The lowest BCUT2D eigenvalue weighted by Crippen LogP contribution is -2.10. The van der Waals surface area contributed by atoms with E-state index in [4.69, 9.17) is 5.73 Å². The summed E-state index contributed by atoms with van der Waals surface area (Å²) in [7, 11) is 1.98. The number of imidazole rings is 1. The van der Waals surface area contributed by atoms with Crippen molar-refractivity contribution in [1.29, 1.82) is 0 Å². The first-order valence-electron chi connectivity index (χ1n) is 6.44. The maximum atomic E-state index is 5.85. The molecule has 0 amide bonds. The van der Waals surface area contributed by atoms with Crippen LogP contribution >= 0.6 is 0 Å². The van der Waals surface area contributed by atoms with Crippen LogP contribution in [0.5, 0.6) is 0 Å². The molecule has 0 bridgehead atoms. The molecule has 3 nitrogen and oxygen atoms in total. The molecule has 1 unspecified atom stereocenters. The first kappa shape index (κ1) is 14.5. The lowest BCUT2D eigenvalue weighted by Gasteiger charge is -2.02. The molecule has 1 aromatic heterocycles. The van der Waals surface area contributed by atoms with Crippen molar-refractivity contribution in [2.75, 3.05) is 0 Å². The largest absolute Gasteiger partial charge is 0.336 e. The summed E-state index contributed by atoms with van der Waals surface area (Å²) in [5.41, 5.74) is 9.22. The summed E-state index contributed by atoms with van der Waals surface area (Å²) in [6.45, 7) is 8.02. The first-order chi connectivity index (χ1) is 8.58. The van der Waals surface area contributed by atoms with Gasteiger partial charge in [-0.05, 0) is 13.8 Å². The fourth-order valence-corrected chi connectivity index (χ4v) is 1.77. The van der Waals surface area contributed by atoms with E-state index in [-0.39, 0.29) is 6.04 Å². The molecule has 0 spiro atoms. The molecule has 1 aromatic carbocycles. The van der Waals surface area contributed by atoms with Gasteiger partial charge in [-0.1, -0.05) is 43.7 Å². The third kappa shape index (κ3) is 3.20. The number of nitrogens with two attached hydrogens (primary N) is 1. The lowest BCUT2D eigenvalue weighted by molar-refractivity contribution is 0.686. The highest BCUT2D eigenvalue weighted by Crippen LogP contribution is 2.20. The van der Waals surface area contributed by atoms with E-state index in [1.165, 1.54) is 5.56 Å². The molecule has 3 heteroatoms. The van der Waals surface area contributed by atoms with Gasteiger partial charge in [-0.3, -0.25) is 0 Å². The van der Waals surface area contributed by atoms with Gasteiger partial charge in [-0.25, -0.2) is 4.98 Å². The van der Waals surface area contributed by atoms with Crippen LogP contribution in [0.15, 0.2) is 30.5 Å². The average molecular weight is 245 g/mol. The van der Waals surface area contributed by atoms with Crippen LogP contribution in [0.25, 0.3) is 11.3 Å². The molecule has 18 heavy (non-hydrogen) atoms. The number of rotatable bonds is 2. The standard InChI is InChI=1S/C13H17N3.C2H6/c1-9-4-6-11(7-5-9)12-8-16(3)13(15-12)10(2)14;1-2/h4-8,10H,14H2,1-3H3;1-2H3. The number of aromatic nitrogens is 2. The van der Waals surface area contributed by atoms with Crippen LogP contribution in [0.3, 0.4) is 0 Å². The third-order valence-electron chi connectivity index (χ3n) is 2.67. The van der Waals surface area contributed by atoms with Crippen molar-refractivity contribution in [3.63, 3.8) is 0 Å². The number of aryl methyl sites for hydroxylation is 2. The summed E-state index contributed by atoms with van der Waals surface area (Å²) in [6.07, 6.45) is 2.02. The number of benzene rings is 1. The highest BCUT2D eigenvalue weighted by atomic mass is 15.1. The smallest absolute Gasteiger partial charge is 0.125 e. The van der Waals surface area contributed by atoms with E-state index in [1.807, 2.05) is 38.6 Å². The molecule has 2 rings (SSSR count). The van der Waals surface area contributed by atoms with Gasteiger partial charge in [0.25, 0.3) is 0 Å². The van der Waals surface area contributed by atoms with E-state index >= 15 is 0 Å². The summed E-state index contributed by atoms with van der Waals surface area (Å²) in [5, 5.41) is 0. The molecule has 0 aliphatic carbocycles. The summed E-state index contributed by atoms with van der Waals surface area (Å²) >= 11 is 0. The van der Waals surface area contributed by atoms with Crippen molar-refractivity contribution in [2.24, 2.45) is 12.8 Å². The van der Waals surface area contributed by atoms with Gasteiger partial charge in [0.2, 0.25) is 0 Å². The molecule has 0 saturated carbocycles. The molecule has 1 atom stereocenters. The summed E-state index contributed by atoms with van der Waals surface area (Å²) in [6, 6.07) is 8.32. The Morgan fingerprint density at radius 3 is 2.17 bits per heavy atom. The molecule has 0 aliphatic rings. The van der Waals surface area contributed by atoms with Crippen molar-refractivity contribution < 1.29 is 0 Å². The van der Waals surface area contributed by atoms with Crippen molar-refractivity contribution >= 4 is 0 Å². The molecule has 1 heterocycles. The Balaban J connectivity index is 0.000000771. The second-order valence-corrected chi connectivity index (χ2v) is 4.25. The monoisotopic (exact) mass is 245 g/mol. The summed E-state index contributed by atoms with van der Waals surface area (Å²) in [5.74, 6) is 0.913. The minimum atomic E-state index is -0.0378. The minimum Gasteiger partial charge on any atom is -0.336 e. The molecule has 98 valence electrons. The molecule has 0 fully saturated rings. The van der Waals surface area contributed by atoms with E-state index in [9.17, 15) is 0 Å². The third-order valence-corrected chi connectivity index (χ3v) is 2.67. The van der Waals surface area contributed by atoms with Crippen LogP contribution in [0.1, 0.15) is 38.2 Å². The fourth-order valence-electron chi connectivity index (χ4n) is 1.77. The van der Waals surface area contributed by atoms with Crippen LogP contribution in [0.2, 0.25) is 0 Å². The maximum Gasteiger partial charge on any atom is 0.125 e. The quantitative estimate of drug-likeness (QED) is 0.880. The van der Waals surface area contributed by atoms with Crippen LogP contribution in [0, 0.1) is 6.92 Å². The molecular weight excluding hydrogens is 222 g/mol. The van der Waals surface area contributed by atoms with E-state index in [2.05, 4.69) is 36.2 Å². The molecular formula is C15H23N3. The summed E-state index contributed by atoms with van der Waals surface area (Å²) in [4.78, 5) is 4.55. The van der Waals surface area contributed by atoms with Gasteiger partial charge in [0.1, 0.15) is 5.82 Å². The molecule has 0 aliphatic heterocycles. The minimum absolute atomic E-state index is 0.0378. The normalized spacial score (nSPS) is 11.7. The molecule has 2 N–H and O–H groups in total. The topological polar surface area (TPSA) is 43.8 Å². The first-order valence-corrected chi connectivity index (χ1v) is 6.44. The number of nitrogens with zero attached hydrogens (tertiary/aromatic N) is 2. The van der Waals surface area contributed by atoms with Crippen LogP contribution in [-0.2, 0) is 7.05 Å². The van der Waals surface area contributed by atoms with E-state index < -0.39 is 0 Å². The Labute approximate surface area is 110 Å². The predicted molar refractivity (Wildman–Crippen MR) is 77.3 cm³/mol. The number of hydrogen-bond acceptors (Lipinski definition) is 2. The van der Waals surface area contributed by atoms with E-state index in [0.717, 1.165) is 17.1 Å². The predicted octanol–water partition coefficient (Wildman–Crippen LogP) is 3.44. The zero-order valence-electron chi connectivity index (χ0n) is 11.9. The Bertz CT molecular complexity index is 481. The Morgan fingerprint density at radius 2 is 1.72 bits per heavy atom. The van der Waals surface area contributed by atoms with Gasteiger partial charge in [0, 0.05) is 18.8 Å². The van der Waals surface area contributed by atoms with Crippen molar-refractivity contribution in [2.45, 2.75) is 33.7 Å². The van der Waals surface area contributed by atoms with Crippen LogP contribution < -0.4 is 5.73 Å². The molecule has 2 aromatic rings. The molecule has 0 saturated heterocycles. The van der Waals surface area contributed by atoms with Gasteiger partial charge in [0.15, 0.2) is 0 Å². The summed E-state index contributed by atoms with van der Waals surface area (Å²) < 4.78 is 1.99. The maximum absolute atomic E-state index is 5.85. The van der Waals surface area contributed by atoms with Crippen molar-refractivity contribution in [1.82, 2.24) is 9.55 Å². The Kier molecular flexibility index (Phi) is 5.10. The SMILES string of the molecule is CC.Cc1ccc(-c2cn(C)c(C(C)N)n2)cc1. The Morgan fingerprint density at radius 1 is 1.17 bits per heavy atom. The second kappa shape index (κ2) is 6.36. The molecule has 0 radical (unpaired) electrons. The highest BCUT2D eigenvalue weighted by Gasteiger charge is 2.09. The average Bonchev–Trinajstić information content (AvgIpc) is 2.75.